The van der Waals surface area contributed by atoms with Crippen LogP contribution in [0.15, 0.2) is 0 Å². The van der Waals surface area contributed by atoms with Crippen LogP contribution in [0.2, 0.25) is 0 Å². The van der Waals surface area contributed by atoms with Crippen LogP contribution in [-0.2, 0) is 9.59 Å². The van der Waals surface area contributed by atoms with E-state index in [9.17, 15) is 9.59 Å². The zero-order chi connectivity index (χ0) is 13.9. The van der Waals surface area contributed by atoms with Crippen molar-refractivity contribution in [1.29, 1.82) is 0 Å². The second-order valence-corrected chi connectivity index (χ2v) is 6.00. The fourth-order valence-electron chi connectivity index (χ4n) is 2.89. The summed E-state index contributed by atoms with van der Waals surface area (Å²) in [5, 5.41) is 11.5. The number of carboxylic acid groups (broad SMARTS) is 1. The van der Waals surface area contributed by atoms with Crippen LogP contribution >= 0.6 is 0 Å². The van der Waals surface area contributed by atoms with Crippen molar-refractivity contribution in [2.45, 2.75) is 53.0 Å². The van der Waals surface area contributed by atoms with Crippen LogP contribution in [0, 0.1) is 23.7 Å². The Morgan fingerprint density at radius 2 is 1.83 bits per heavy atom. The van der Waals surface area contributed by atoms with E-state index in [1.54, 1.807) is 0 Å². The molecule has 1 fully saturated rings. The summed E-state index contributed by atoms with van der Waals surface area (Å²) >= 11 is 0. The molecule has 0 aromatic heterocycles. The highest BCUT2D eigenvalue weighted by atomic mass is 16.4. The molecule has 1 saturated carbocycles. The topological polar surface area (TPSA) is 66.4 Å². The Morgan fingerprint density at radius 1 is 1.22 bits per heavy atom. The predicted octanol–water partition coefficient (Wildman–Crippen LogP) is 2.28. The Labute approximate surface area is 109 Å². The van der Waals surface area contributed by atoms with Gasteiger partial charge in [-0.05, 0) is 37.5 Å². The van der Waals surface area contributed by atoms with E-state index in [0.29, 0.717) is 17.8 Å². The summed E-state index contributed by atoms with van der Waals surface area (Å²) in [7, 11) is 0. The number of rotatable bonds is 4. The van der Waals surface area contributed by atoms with Gasteiger partial charge in [-0.25, -0.2) is 0 Å². The molecule has 1 aliphatic rings. The number of hydrogen-bond acceptors (Lipinski definition) is 2. The highest BCUT2D eigenvalue weighted by Crippen LogP contribution is 2.38. The first-order chi connectivity index (χ1) is 8.32. The third kappa shape index (κ3) is 3.72. The van der Waals surface area contributed by atoms with Gasteiger partial charge in [0.2, 0.25) is 5.91 Å². The van der Waals surface area contributed by atoms with Crippen molar-refractivity contribution in [2.75, 3.05) is 0 Å². The Hall–Kier alpha value is -1.06. The Balaban J connectivity index is 2.69. The van der Waals surface area contributed by atoms with E-state index in [1.807, 2.05) is 0 Å². The van der Waals surface area contributed by atoms with Gasteiger partial charge in [-0.2, -0.15) is 0 Å². The van der Waals surface area contributed by atoms with Gasteiger partial charge >= 0.3 is 5.97 Å². The lowest BCUT2D eigenvalue weighted by atomic mass is 9.69. The second kappa shape index (κ2) is 6.21. The van der Waals surface area contributed by atoms with Crippen LogP contribution in [0.5, 0.6) is 0 Å². The molecule has 0 aliphatic heterocycles. The average molecular weight is 255 g/mol. The van der Waals surface area contributed by atoms with Crippen molar-refractivity contribution in [1.82, 2.24) is 5.32 Å². The maximum Gasteiger partial charge on any atom is 0.325 e. The molecule has 4 atom stereocenters. The molecule has 0 radical (unpaired) electrons. The molecule has 18 heavy (non-hydrogen) atoms. The number of carbonyl (C=O) groups excluding carboxylic acids is 1. The van der Waals surface area contributed by atoms with E-state index in [4.69, 9.17) is 5.11 Å². The van der Waals surface area contributed by atoms with Crippen molar-refractivity contribution in [2.24, 2.45) is 23.7 Å². The number of aliphatic carboxylic acids is 1. The molecule has 0 aromatic rings. The highest BCUT2D eigenvalue weighted by Gasteiger charge is 2.36. The predicted molar refractivity (Wildman–Crippen MR) is 70.1 cm³/mol. The minimum atomic E-state index is -0.978. The molecular weight excluding hydrogens is 230 g/mol. The number of amides is 1. The molecule has 0 bridgehead atoms. The lowest BCUT2D eigenvalue weighted by molar-refractivity contribution is -0.142. The molecule has 1 aliphatic carbocycles. The monoisotopic (exact) mass is 255 g/mol. The van der Waals surface area contributed by atoms with E-state index >= 15 is 0 Å². The second-order valence-electron chi connectivity index (χ2n) is 6.00. The summed E-state index contributed by atoms with van der Waals surface area (Å²) in [4.78, 5) is 23.0. The van der Waals surface area contributed by atoms with E-state index in [2.05, 4.69) is 26.1 Å². The highest BCUT2D eigenvalue weighted by molar-refractivity contribution is 5.85. The molecule has 1 rings (SSSR count). The van der Waals surface area contributed by atoms with Gasteiger partial charge in [-0.1, -0.05) is 27.2 Å². The van der Waals surface area contributed by atoms with Crippen LogP contribution in [0.25, 0.3) is 0 Å². The van der Waals surface area contributed by atoms with Crippen LogP contribution in [0.3, 0.4) is 0 Å². The first-order valence-corrected chi connectivity index (χ1v) is 6.86. The van der Waals surface area contributed by atoms with Crippen LogP contribution in [0.1, 0.15) is 47.0 Å². The Kier molecular flexibility index (Phi) is 5.17. The molecule has 104 valence electrons. The molecule has 1 amide bonds. The van der Waals surface area contributed by atoms with Gasteiger partial charge in [0.25, 0.3) is 0 Å². The quantitative estimate of drug-likeness (QED) is 0.810. The van der Waals surface area contributed by atoms with Crippen LogP contribution in [-0.4, -0.2) is 23.0 Å². The van der Waals surface area contributed by atoms with E-state index in [0.717, 1.165) is 12.8 Å². The fraction of sp³-hybridized carbons (Fsp3) is 0.857. The number of hydrogen-bond donors (Lipinski definition) is 2. The van der Waals surface area contributed by atoms with E-state index in [-0.39, 0.29) is 11.8 Å². The lowest BCUT2D eigenvalue weighted by Crippen LogP contribution is -2.46. The number of nitrogens with one attached hydrogen (secondary N) is 1. The van der Waals surface area contributed by atoms with Gasteiger partial charge in [0, 0.05) is 5.92 Å². The maximum atomic E-state index is 12.2. The summed E-state index contributed by atoms with van der Waals surface area (Å²) in [6, 6.07) is -0.803. The van der Waals surface area contributed by atoms with Crippen molar-refractivity contribution < 1.29 is 14.7 Å². The standard InChI is InChI=1S/C14H25NO3/c1-8(2)11-6-5-9(3)7-12(11)13(16)15-10(4)14(17)18/h8-12H,5-7H2,1-4H3,(H,15,16)(H,17,18). The smallest absolute Gasteiger partial charge is 0.325 e. The van der Waals surface area contributed by atoms with Crippen molar-refractivity contribution in [3.63, 3.8) is 0 Å². The fourth-order valence-corrected chi connectivity index (χ4v) is 2.89. The van der Waals surface area contributed by atoms with Crippen LogP contribution in [0.4, 0.5) is 0 Å². The molecule has 4 nitrogen and oxygen atoms in total. The summed E-state index contributed by atoms with van der Waals surface area (Å²) in [6.07, 6.45) is 3.11. The van der Waals surface area contributed by atoms with Gasteiger partial charge in [0.15, 0.2) is 0 Å². The van der Waals surface area contributed by atoms with Gasteiger partial charge in [-0.3, -0.25) is 9.59 Å². The summed E-state index contributed by atoms with van der Waals surface area (Å²) in [6.45, 7) is 7.96. The molecule has 4 unspecified atom stereocenters. The summed E-state index contributed by atoms with van der Waals surface area (Å²) in [5.41, 5.74) is 0. The molecular formula is C14H25NO3. The number of carbonyl (C=O) groups is 2. The molecule has 0 aromatic carbocycles. The molecule has 0 heterocycles. The summed E-state index contributed by atoms with van der Waals surface area (Å²) in [5.74, 6) is 0.297. The minimum absolute atomic E-state index is 0.0319. The van der Waals surface area contributed by atoms with Gasteiger partial charge in [0.05, 0.1) is 0 Å². The zero-order valence-electron chi connectivity index (χ0n) is 11.8. The zero-order valence-corrected chi connectivity index (χ0v) is 11.8. The summed E-state index contributed by atoms with van der Waals surface area (Å²) < 4.78 is 0. The average Bonchev–Trinajstić information content (AvgIpc) is 2.28. The first-order valence-electron chi connectivity index (χ1n) is 6.86. The molecule has 0 spiro atoms. The number of carboxylic acids is 1. The normalized spacial score (nSPS) is 29.9. The van der Waals surface area contributed by atoms with Gasteiger partial charge in [-0.15, -0.1) is 0 Å². The van der Waals surface area contributed by atoms with Gasteiger partial charge in [0.1, 0.15) is 6.04 Å². The third-order valence-corrected chi connectivity index (χ3v) is 4.09. The Bertz CT molecular complexity index is 314. The molecule has 4 heteroatoms. The maximum absolute atomic E-state index is 12.2. The van der Waals surface area contributed by atoms with Gasteiger partial charge < -0.3 is 10.4 Å². The van der Waals surface area contributed by atoms with Crippen LogP contribution < -0.4 is 5.32 Å². The van der Waals surface area contributed by atoms with Crippen molar-refractivity contribution in [3.05, 3.63) is 0 Å². The third-order valence-electron chi connectivity index (χ3n) is 4.09. The van der Waals surface area contributed by atoms with E-state index in [1.165, 1.54) is 13.3 Å². The minimum Gasteiger partial charge on any atom is -0.480 e. The molecule has 0 saturated heterocycles. The SMILES string of the molecule is CC1CCC(C(C)C)C(C(=O)NC(C)C(=O)O)C1. The van der Waals surface area contributed by atoms with E-state index < -0.39 is 12.0 Å². The molecule has 2 N–H and O–H groups in total. The van der Waals surface area contributed by atoms with Crippen molar-refractivity contribution >= 4 is 11.9 Å². The van der Waals surface area contributed by atoms with Crippen molar-refractivity contribution in [3.8, 4) is 0 Å². The largest absolute Gasteiger partial charge is 0.480 e. The first kappa shape index (κ1) is 15.0. The Morgan fingerprint density at radius 3 is 2.33 bits per heavy atom. The lowest BCUT2D eigenvalue weighted by Gasteiger charge is -2.36.